The minimum Gasteiger partial charge on any atom is -0.493 e. The minimum atomic E-state index is -0.550. The highest BCUT2D eigenvalue weighted by atomic mass is 16.6. The summed E-state index contributed by atoms with van der Waals surface area (Å²) in [5.74, 6) is 0.879. The fourth-order valence-electron chi connectivity index (χ4n) is 4.72. The highest BCUT2D eigenvalue weighted by Crippen LogP contribution is 2.46. The standard InChI is InChI=1S/C20H25NO5/c1-24-16-9-13-5-8-21(12-14(13)10-17(16)25-2)19(23)15-11-18(22)26-20(15)6-3-4-7-20/h9-10,15H,3-8,11-12H2,1-2H3. The van der Waals surface area contributed by atoms with E-state index in [0.717, 1.165) is 37.7 Å². The normalized spacial score (nSPS) is 23.7. The Kier molecular flexibility index (Phi) is 4.29. The Morgan fingerprint density at radius 3 is 2.46 bits per heavy atom. The summed E-state index contributed by atoms with van der Waals surface area (Å²) in [6.07, 6.45) is 4.66. The molecule has 1 spiro atoms. The van der Waals surface area contributed by atoms with Gasteiger partial charge >= 0.3 is 5.97 Å². The van der Waals surface area contributed by atoms with Gasteiger partial charge in [-0.05, 0) is 55.4 Å². The molecule has 1 amide bonds. The predicted molar refractivity (Wildman–Crippen MR) is 94.1 cm³/mol. The van der Waals surface area contributed by atoms with Crippen molar-refractivity contribution in [3.8, 4) is 11.5 Å². The van der Waals surface area contributed by atoms with Crippen LogP contribution in [0.25, 0.3) is 0 Å². The summed E-state index contributed by atoms with van der Waals surface area (Å²) in [6.45, 7) is 1.19. The number of carbonyl (C=O) groups excluding carboxylic acids is 2. The fourth-order valence-corrected chi connectivity index (χ4v) is 4.72. The second-order valence-corrected chi connectivity index (χ2v) is 7.49. The van der Waals surface area contributed by atoms with E-state index in [1.165, 1.54) is 5.56 Å². The Labute approximate surface area is 153 Å². The SMILES string of the molecule is COc1cc2c(cc1OC)CN(C(=O)C1CC(=O)OC13CCCC3)CC2. The zero-order chi connectivity index (χ0) is 18.3. The Hall–Kier alpha value is -2.24. The molecule has 1 saturated heterocycles. The number of benzene rings is 1. The maximum atomic E-state index is 13.2. The van der Waals surface area contributed by atoms with Gasteiger partial charge in [-0.2, -0.15) is 0 Å². The zero-order valence-electron chi connectivity index (χ0n) is 15.4. The van der Waals surface area contributed by atoms with E-state index in [1.54, 1.807) is 14.2 Å². The summed E-state index contributed by atoms with van der Waals surface area (Å²) < 4.78 is 16.4. The molecule has 1 saturated carbocycles. The van der Waals surface area contributed by atoms with E-state index >= 15 is 0 Å². The van der Waals surface area contributed by atoms with Crippen molar-refractivity contribution in [2.24, 2.45) is 5.92 Å². The van der Waals surface area contributed by atoms with Gasteiger partial charge in [0.2, 0.25) is 5.91 Å². The molecule has 2 heterocycles. The van der Waals surface area contributed by atoms with Crippen molar-refractivity contribution in [1.82, 2.24) is 4.90 Å². The lowest BCUT2D eigenvalue weighted by atomic mass is 9.84. The monoisotopic (exact) mass is 359 g/mol. The molecule has 2 aliphatic heterocycles. The topological polar surface area (TPSA) is 65.1 Å². The van der Waals surface area contributed by atoms with Gasteiger partial charge in [-0.25, -0.2) is 0 Å². The molecule has 6 nitrogen and oxygen atoms in total. The Morgan fingerprint density at radius 1 is 1.15 bits per heavy atom. The van der Waals surface area contributed by atoms with Crippen LogP contribution in [0.4, 0.5) is 0 Å². The second-order valence-electron chi connectivity index (χ2n) is 7.49. The molecule has 2 fully saturated rings. The first-order valence-electron chi connectivity index (χ1n) is 9.31. The maximum Gasteiger partial charge on any atom is 0.307 e. The third-order valence-corrected chi connectivity index (χ3v) is 6.10. The van der Waals surface area contributed by atoms with Gasteiger partial charge in [0.15, 0.2) is 11.5 Å². The van der Waals surface area contributed by atoms with Crippen LogP contribution < -0.4 is 9.47 Å². The molecule has 26 heavy (non-hydrogen) atoms. The highest BCUT2D eigenvalue weighted by molar-refractivity contribution is 5.88. The second kappa shape index (κ2) is 6.49. The van der Waals surface area contributed by atoms with Crippen molar-refractivity contribution in [3.05, 3.63) is 23.3 Å². The molecule has 0 N–H and O–H groups in total. The number of esters is 1. The maximum absolute atomic E-state index is 13.2. The van der Waals surface area contributed by atoms with Crippen LogP contribution in [0.3, 0.4) is 0 Å². The fraction of sp³-hybridized carbons (Fsp3) is 0.600. The van der Waals surface area contributed by atoms with E-state index in [4.69, 9.17) is 14.2 Å². The molecule has 1 unspecified atom stereocenters. The first-order valence-corrected chi connectivity index (χ1v) is 9.31. The lowest BCUT2D eigenvalue weighted by molar-refractivity contribution is -0.152. The molecule has 140 valence electrons. The van der Waals surface area contributed by atoms with Crippen molar-refractivity contribution >= 4 is 11.9 Å². The third-order valence-electron chi connectivity index (χ3n) is 6.10. The van der Waals surface area contributed by atoms with E-state index in [2.05, 4.69) is 0 Å². The van der Waals surface area contributed by atoms with Crippen molar-refractivity contribution in [3.63, 3.8) is 0 Å². The van der Waals surface area contributed by atoms with Gasteiger partial charge in [-0.1, -0.05) is 0 Å². The average molecular weight is 359 g/mol. The lowest BCUT2D eigenvalue weighted by Gasteiger charge is -2.35. The quantitative estimate of drug-likeness (QED) is 0.776. The summed E-state index contributed by atoms with van der Waals surface area (Å²) in [5, 5.41) is 0. The summed E-state index contributed by atoms with van der Waals surface area (Å²) in [4.78, 5) is 27.0. The van der Waals surface area contributed by atoms with Crippen LogP contribution >= 0.6 is 0 Å². The number of hydrogen-bond donors (Lipinski definition) is 0. The molecule has 4 rings (SSSR count). The van der Waals surface area contributed by atoms with E-state index in [1.807, 2.05) is 17.0 Å². The van der Waals surface area contributed by atoms with Gasteiger partial charge in [0.1, 0.15) is 5.60 Å². The first-order chi connectivity index (χ1) is 12.6. The zero-order valence-corrected chi connectivity index (χ0v) is 15.4. The summed E-state index contributed by atoms with van der Waals surface area (Å²) in [7, 11) is 3.24. The van der Waals surface area contributed by atoms with E-state index in [9.17, 15) is 9.59 Å². The smallest absolute Gasteiger partial charge is 0.307 e. The van der Waals surface area contributed by atoms with Crippen LogP contribution in [-0.2, 0) is 27.3 Å². The van der Waals surface area contributed by atoms with Gasteiger partial charge in [0.05, 0.1) is 26.6 Å². The highest BCUT2D eigenvalue weighted by Gasteiger charge is 2.54. The number of nitrogens with zero attached hydrogens (tertiary/aromatic N) is 1. The molecule has 1 aliphatic carbocycles. The largest absolute Gasteiger partial charge is 0.493 e. The average Bonchev–Trinajstić information content (AvgIpc) is 3.25. The van der Waals surface area contributed by atoms with E-state index in [-0.39, 0.29) is 24.2 Å². The lowest BCUT2D eigenvalue weighted by Crippen LogP contribution is -2.46. The summed E-state index contributed by atoms with van der Waals surface area (Å²) >= 11 is 0. The molecular formula is C20H25NO5. The van der Waals surface area contributed by atoms with Gasteiger partial charge in [0, 0.05) is 13.1 Å². The Bertz CT molecular complexity index is 738. The van der Waals surface area contributed by atoms with Crippen LogP contribution in [0.15, 0.2) is 12.1 Å². The molecule has 1 aromatic rings. The number of methoxy groups -OCH3 is 2. The molecule has 1 aromatic carbocycles. The molecule has 6 heteroatoms. The molecular weight excluding hydrogens is 334 g/mol. The summed E-state index contributed by atoms with van der Waals surface area (Å²) in [5.41, 5.74) is 1.71. The number of amides is 1. The Balaban J connectivity index is 1.56. The van der Waals surface area contributed by atoms with Crippen LogP contribution in [0.5, 0.6) is 11.5 Å². The van der Waals surface area contributed by atoms with Crippen molar-refractivity contribution < 1.29 is 23.8 Å². The van der Waals surface area contributed by atoms with Gasteiger partial charge in [-0.15, -0.1) is 0 Å². The van der Waals surface area contributed by atoms with Gasteiger partial charge < -0.3 is 19.1 Å². The number of fused-ring (bicyclic) bond motifs is 1. The summed E-state index contributed by atoms with van der Waals surface area (Å²) in [6, 6.07) is 3.95. The van der Waals surface area contributed by atoms with Crippen LogP contribution in [-0.4, -0.2) is 43.1 Å². The number of rotatable bonds is 3. The molecule has 0 aromatic heterocycles. The van der Waals surface area contributed by atoms with Crippen molar-refractivity contribution in [1.29, 1.82) is 0 Å². The Morgan fingerprint density at radius 2 is 1.81 bits per heavy atom. The predicted octanol–water partition coefficient (Wildman–Crippen LogP) is 2.46. The van der Waals surface area contributed by atoms with Crippen LogP contribution in [0.2, 0.25) is 0 Å². The third kappa shape index (κ3) is 2.72. The van der Waals surface area contributed by atoms with E-state index < -0.39 is 5.60 Å². The number of hydrogen-bond acceptors (Lipinski definition) is 5. The van der Waals surface area contributed by atoms with Crippen LogP contribution in [0.1, 0.15) is 43.2 Å². The number of ether oxygens (including phenoxy) is 3. The van der Waals surface area contributed by atoms with Crippen molar-refractivity contribution in [2.75, 3.05) is 20.8 Å². The van der Waals surface area contributed by atoms with Crippen molar-refractivity contribution in [2.45, 2.75) is 50.7 Å². The van der Waals surface area contributed by atoms with Gasteiger partial charge in [-0.3, -0.25) is 9.59 Å². The molecule has 0 bridgehead atoms. The van der Waals surface area contributed by atoms with E-state index in [0.29, 0.717) is 24.6 Å². The first kappa shape index (κ1) is 17.2. The van der Waals surface area contributed by atoms with Gasteiger partial charge in [0.25, 0.3) is 0 Å². The minimum absolute atomic E-state index is 0.0539. The number of carbonyl (C=O) groups is 2. The molecule has 1 atom stereocenters. The molecule has 0 radical (unpaired) electrons. The molecule has 3 aliphatic rings. The van der Waals surface area contributed by atoms with Crippen LogP contribution in [0, 0.1) is 5.92 Å².